The zero-order valence-electron chi connectivity index (χ0n) is 10.1. The lowest BCUT2D eigenvalue weighted by Gasteiger charge is -2.17. The van der Waals surface area contributed by atoms with Gasteiger partial charge in [-0.2, -0.15) is 0 Å². The number of hydrogen-bond donors (Lipinski definition) is 3. The molecule has 0 aromatic rings. The summed E-state index contributed by atoms with van der Waals surface area (Å²) in [5, 5.41) is 12.6. The molecule has 0 saturated heterocycles. The van der Waals surface area contributed by atoms with Crippen LogP contribution in [0, 0.1) is 11.8 Å². The van der Waals surface area contributed by atoms with Crippen molar-refractivity contribution in [2.45, 2.75) is 50.7 Å². The average molecular weight is 263 g/mol. The first-order chi connectivity index (χ1) is 7.66. The third kappa shape index (κ3) is 3.83. The smallest absolute Gasteiger partial charge is 0.223 e. The maximum Gasteiger partial charge on any atom is 0.223 e. The second-order valence-corrected chi connectivity index (χ2v) is 5.27. The fraction of sp³-hybridized carbons (Fsp3) is 0.917. The van der Waals surface area contributed by atoms with Crippen molar-refractivity contribution in [3.63, 3.8) is 0 Å². The van der Waals surface area contributed by atoms with Gasteiger partial charge in [0.2, 0.25) is 5.91 Å². The lowest BCUT2D eigenvalue weighted by molar-refractivity contribution is -0.125. The van der Waals surface area contributed by atoms with E-state index in [9.17, 15) is 9.90 Å². The fourth-order valence-corrected chi connectivity index (χ4v) is 2.89. The summed E-state index contributed by atoms with van der Waals surface area (Å²) in [5.74, 6) is 0.500. The van der Waals surface area contributed by atoms with Crippen LogP contribution in [-0.4, -0.2) is 29.7 Å². The number of halogens is 1. The number of rotatable bonds is 3. The molecule has 0 bridgehead atoms. The van der Waals surface area contributed by atoms with Crippen LogP contribution in [0.3, 0.4) is 0 Å². The van der Waals surface area contributed by atoms with E-state index >= 15 is 0 Å². The molecular formula is C12H23ClN2O2. The molecule has 100 valence electrons. The van der Waals surface area contributed by atoms with E-state index in [1.807, 2.05) is 0 Å². The van der Waals surface area contributed by atoms with E-state index in [4.69, 9.17) is 5.73 Å². The molecule has 4 atom stereocenters. The molecule has 4 N–H and O–H groups in total. The fourth-order valence-electron chi connectivity index (χ4n) is 2.89. The number of hydrogen-bond acceptors (Lipinski definition) is 3. The van der Waals surface area contributed by atoms with Crippen molar-refractivity contribution in [1.82, 2.24) is 5.32 Å². The molecule has 2 aliphatic rings. The first kappa shape index (κ1) is 14.7. The molecule has 17 heavy (non-hydrogen) atoms. The monoisotopic (exact) mass is 262 g/mol. The average Bonchev–Trinajstić information content (AvgIpc) is 2.84. The molecule has 0 spiro atoms. The number of nitrogens with one attached hydrogen (secondary N) is 1. The van der Waals surface area contributed by atoms with Crippen LogP contribution >= 0.6 is 12.4 Å². The van der Waals surface area contributed by atoms with Crippen molar-refractivity contribution in [3.8, 4) is 0 Å². The van der Waals surface area contributed by atoms with E-state index in [1.165, 1.54) is 0 Å². The summed E-state index contributed by atoms with van der Waals surface area (Å²) in [6.07, 6.45) is 5.48. The minimum Gasteiger partial charge on any atom is -0.393 e. The Balaban J connectivity index is 0.00000144. The van der Waals surface area contributed by atoms with E-state index in [1.54, 1.807) is 0 Å². The van der Waals surface area contributed by atoms with Crippen molar-refractivity contribution in [3.05, 3.63) is 0 Å². The zero-order chi connectivity index (χ0) is 11.5. The Bertz CT molecular complexity index is 263. The molecule has 4 nitrogen and oxygen atoms in total. The predicted molar refractivity (Wildman–Crippen MR) is 68.9 cm³/mol. The molecular weight excluding hydrogens is 240 g/mol. The van der Waals surface area contributed by atoms with Crippen LogP contribution in [0.1, 0.15) is 38.5 Å². The van der Waals surface area contributed by atoms with Gasteiger partial charge in [-0.3, -0.25) is 4.79 Å². The lowest BCUT2D eigenvalue weighted by Crippen LogP contribution is -2.36. The van der Waals surface area contributed by atoms with Gasteiger partial charge in [0.1, 0.15) is 0 Å². The largest absolute Gasteiger partial charge is 0.393 e. The van der Waals surface area contributed by atoms with Gasteiger partial charge in [0.05, 0.1) is 6.10 Å². The van der Waals surface area contributed by atoms with Crippen LogP contribution in [0.4, 0.5) is 0 Å². The molecule has 5 heteroatoms. The summed E-state index contributed by atoms with van der Waals surface area (Å²) >= 11 is 0. The third-order valence-corrected chi connectivity index (χ3v) is 4.00. The minimum atomic E-state index is -0.217. The van der Waals surface area contributed by atoms with Gasteiger partial charge in [-0.15, -0.1) is 12.4 Å². The Morgan fingerprint density at radius 1 is 1.29 bits per heavy atom. The van der Waals surface area contributed by atoms with E-state index in [2.05, 4.69) is 5.32 Å². The molecule has 1 amide bonds. The van der Waals surface area contributed by atoms with E-state index < -0.39 is 0 Å². The summed E-state index contributed by atoms with van der Waals surface area (Å²) in [4.78, 5) is 11.8. The topological polar surface area (TPSA) is 75.4 Å². The first-order valence-electron chi connectivity index (χ1n) is 6.38. The second kappa shape index (κ2) is 6.57. The number of aliphatic hydroxyl groups is 1. The van der Waals surface area contributed by atoms with E-state index in [-0.39, 0.29) is 42.3 Å². The first-order valence-corrected chi connectivity index (χ1v) is 6.38. The highest BCUT2D eigenvalue weighted by Crippen LogP contribution is 2.26. The van der Waals surface area contributed by atoms with Crippen molar-refractivity contribution in [1.29, 1.82) is 0 Å². The Morgan fingerprint density at radius 3 is 2.59 bits per heavy atom. The van der Waals surface area contributed by atoms with Crippen LogP contribution in [0.25, 0.3) is 0 Å². The van der Waals surface area contributed by atoms with Gasteiger partial charge in [0.25, 0.3) is 0 Å². The summed E-state index contributed by atoms with van der Waals surface area (Å²) in [6, 6.07) is 0.202. The van der Waals surface area contributed by atoms with Crippen LogP contribution < -0.4 is 11.1 Å². The molecule has 4 unspecified atom stereocenters. The van der Waals surface area contributed by atoms with Gasteiger partial charge in [0.15, 0.2) is 0 Å². The summed E-state index contributed by atoms with van der Waals surface area (Å²) in [7, 11) is 0. The molecule has 0 aliphatic heterocycles. The lowest BCUT2D eigenvalue weighted by atomic mass is 10.0. The van der Waals surface area contributed by atoms with Crippen LogP contribution in [0.15, 0.2) is 0 Å². The number of aliphatic hydroxyl groups excluding tert-OH is 1. The molecule has 2 fully saturated rings. The predicted octanol–water partition coefficient (Wildman–Crippen LogP) is 0.813. The van der Waals surface area contributed by atoms with Gasteiger partial charge in [-0.05, 0) is 32.1 Å². The molecule has 0 heterocycles. The van der Waals surface area contributed by atoms with Crippen LogP contribution in [-0.2, 0) is 4.79 Å². The summed E-state index contributed by atoms with van der Waals surface area (Å²) < 4.78 is 0. The Morgan fingerprint density at radius 2 is 2.06 bits per heavy atom. The maximum absolute atomic E-state index is 11.8. The van der Waals surface area contributed by atoms with Crippen molar-refractivity contribution < 1.29 is 9.90 Å². The van der Waals surface area contributed by atoms with Crippen molar-refractivity contribution >= 4 is 18.3 Å². The number of amides is 1. The van der Waals surface area contributed by atoms with E-state index in [0.717, 1.165) is 38.5 Å². The van der Waals surface area contributed by atoms with Gasteiger partial charge >= 0.3 is 0 Å². The number of nitrogens with two attached hydrogens (primary N) is 1. The Hall–Kier alpha value is -0.320. The zero-order valence-corrected chi connectivity index (χ0v) is 10.9. The van der Waals surface area contributed by atoms with Crippen LogP contribution in [0.5, 0.6) is 0 Å². The number of carbonyl (C=O) groups is 1. The molecule has 2 saturated carbocycles. The highest BCUT2D eigenvalue weighted by Gasteiger charge is 2.30. The highest BCUT2D eigenvalue weighted by molar-refractivity contribution is 5.85. The third-order valence-electron chi connectivity index (χ3n) is 4.00. The summed E-state index contributed by atoms with van der Waals surface area (Å²) in [6.45, 7) is 0.631. The number of carbonyl (C=O) groups excluding carboxylic acids is 1. The van der Waals surface area contributed by atoms with Gasteiger partial charge < -0.3 is 16.2 Å². The van der Waals surface area contributed by atoms with Gasteiger partial charge in [0, 0.05) is 24.4 Å². The molecule has 2 aliphatic carbocycles. The van der Waals surface area contributed by atoms with E-state index in [0.29, 0.717) is 6.54 Å². The Labute approximate surface area is 109 Å². The molecule has 2 rings (SSSR count). The maximum atomic E-state index is 11.8. The normalized spacial score (nSPS) is 36.6. The quantitative estimate of drug-likeness (QED) is 0.705. The molecule has 0 aromatic carbocycles. The van der Waals surface area contributed by atoms with Gasteiger partial charge in [-0.25, -0.2) is 0 Å². The van der Waals surface area contributed by atoms with Crippen molar-refractivity contribution in [2.75, 3.05) is 6.54 Å². The summed E-state index contributed by atoms with van der Waals surface area (Å²) in [5.41, 5.74) is 5.78. The van der Waals surface area contributed by atoms with Crippen LogP contribution in [0.2, 0.25) is 0 Å². The Kier molecular flexibility index (Phi) is 5.70. The van der Waals surface area contributed by atoms with Crippen molar-refractivity contribution in [2.24, 2.45) is 17.6 Å². The highest BCUT2D eigenvalue weighted by atomic mass is 35.5. The van der Waals surface area contributed by atoms with Gasteiger partial charge in [-0.1, -0.05) is 6.42 Å². The SMILES string of the molecule is Cl.NC1CCC(C(=O)NCC2CCCC2O)C1. The molecule has 0 aromatic heterocycles. The second-order valence-electron chi connectivity index (χ2n) is 5.27. The minimum absolute atomic E-state index is 0. The standard InChI is InChI=1S/C12H22N2O2.ClH/c13-10-5-4-8(6-10)12(16)14-7-9-2-1-3-11(9)15;/h8-11,15H,1-7,13H2,(H,14,16);1H. The molecule has 0 radical (unpaired) electrons.